The van der Waals surface area contributed by atoms with Gasteiger partial charge in [0.15, 0.2) is 5.82 Å². The Hall–Kier alpha value is -2.31. The maximum Gasteiger partial charge on any atom is 0.292 e. The van der Waals surface area contributed by atoms with Crippen LogP contribution in [0.15, 0.2) is 23.9 Å². The van der Waals surface area contributed by atoms with Crippen molar-refractivity contribution in [3.05, 3.63) is 29.7 Å². The zero-order valence-electron chi connectivity index (χ0n) is 13.4. The molecule has 2 aliphatic heterocycles. The lowest BCUT2D eigenvalue weighted by atomic mass is 9.93. The van der Waals surface area contributed by atoms with Crippen LogP contribution in [0.3, 0.4) is 0 Å². The van der Waals surface area contributed by atoms with Crippen LogP contribution < -0.4 is 0 Å². The highest BCUT2D eigenvalue weighted by Crippen LogP contribution is 2.23. The van der Waals surface area contributed by atoms with Crippen molar-refractivity contribution in [3.63, 3.8) is 0 Å². The van der Waals surface area contributed by atoms with E-state index in [0.29, 0.717) is 37.9 Å². The summed E-state index contributed by atoms with van der Waals surface area (Å²) in [6.07, 6.45) is 4.92. The van der Waals surface area contributed by atoms with Crippen LogP contribution in [-0.2, 0) is 21.3 Å². The molecule has 2 aliphatic rings. The van der Waals surface area contributed by atoms with E-state index in [1.807, 2.05) is 0 Å². The van der Waals surface area contributed by atoms with E-state index < -0.39 is 0 Å². The molecule has 0 spiro atoms. The van der Waals surface area contributed by atoms with Crippen molar-refractivity contribution in [2.75, 3.05) is 26.3 Å². The molecular weight excluding hydrogens is 298 g/mol. The van der Waals surface area contributed by atoms with Gasteiger partial charge in [0.25, 0.3) is 5.91 Å². The van der Waals surface area contributed by atoms with Gasteiger partial charge in [0.2, 0.25) is 11.5 Å². The number of carbonyl (C=O) groups excluding carboxylic acids is 2. The van der Waals surface area contributed by atoms with Gasteiger partial charge >= 0.3 is 0 Å². The zero-order chi connectivity index (χ0) is 16.4. The molecular formula is C16H21N3O4. The second-order valence-electron chi connectivity index (χ2n) is 5.90. The SMILES string of the molecule is CC1=C(C(=O)N2CCCC(C(=O)c3nccn3C)C2)OCCO1. The van der Waals surface area contributed by atoms with E-state index >= 15 is 0 Å². The Morgan fingerprint density at radius 2 is 2.09 bits per heavy atom. The van der Waals surface area contributed by atoms with Crippen molar-refractivity contribution < 1.29 is 19.1 Å². The number of amides is 1. The first-order valence-corrected chi connectivity index (χ1v) is 7.85. The first-order chi connectivity index (χ1) is 11.1. The zero-order valence-corrected chi connectivity index (χ0v) is 13.4. The van der Waals surface area contributed by atoms with Gasteiger partial charge in [0.1, 0.15) is 19.0 Å². The summed E-state index contributed by atoms with van der Waals surface area (Å²) >= 11 is 0. The highest BCUT2D eigenvalue weighted by atomic mass is 16.6. The summed E-state index contributed by atoms with van der Waals surface area (Å²) in [5.74, 6) is 0.789. The third kappa shape index (κ3) is 3.09. The molecule has 0 bridgehead atoms. The number of rotatable bonds is 3. The fraction of sp³-hybridized carbons (Fsp3) is 0.562. The smallest absolute Gasteiger partial charge is 0.292 e. The first-order valence-electron chi connectivity index (χ1n) is 7.85. The summed E-state index contributed by atoms with van der Waals surface area (Å²) in [5, 5.41) is 0. The molecule has 1 fully saturated rings. The second kappa shape index (κ2) is 6.44. The second-order valence-corrected chi connectivity index (χ2v) is 5.90. The molecule has 23 heavy (non-hydrogen) atoms. The molecule has 3 heterocycles. The lowest BCUT2D eigenvalue weighted by molar-refractivity contribution is -0.134. The number of aromatic nitrogens is 2. The van der Waals surface area contributed by atoms with Crippen molar-refractivity contribution in [1.29, 1.82) is 0 Å². The maximum absolute atomic E-state index is 12.6. The maximum atomic E-state index is 12.6. The van der Waals surface area contributed by atoms with E-state index in [1.54, 1.807) is 35.8 Å². The molecule has 124 valence electrons. The normalized spacial score (nSPS) is 21.7. The quantitative estimate of drug-likeness (QED) is 0.781. The molecule has 0 radical (unpaired) electrons. The van der Waals surface area contributed by atoms with E-state index in [1.165, 1.54) is 0 Å². The molecule has 0 N–H and O–H groups in total. The Balaban J connectivity index is 1.72. The van der Waals surface area contributed by atoms with E-state index in [0.717, 1.165) is 12.8 Å². The third-order valence-electron chi connectivity index (χ3n) is 4.28. The van der Waals surface area contributed by atoms with E-state index in [9.17, 15) is 9.59 Å². The number of allylic oxidation sites excluding steroid dienone is 1. The molecule has 1 atom stereocenters. The Morgan fingerprint density at radius 3 is 2.78 bits per heavy atom. The van der Waals surface area contributed by atoms with Gasteiger partial charge in [-0.05, 0) is 19.8 Å². The number of likely N-dealkylation sites (tertiary alicyclic amines) is 1. The van der Waals surface area contributed by atoms with Gasteiger partial charge in [-0.3, -0.25) is 9.59 Å². The first kappa shape index (κ1) is 15.6. The number of hydrogen-bond donors (Lipinski definition) is 0. The van der Waals surface area contributed by atoms with Crippen LogP contribution in [0, 0.1) is 5.92 Å². The van der Waals surface area contributed by atoms with Crippen molar-refractivity contribution in [2.45, 2.75) is 19.8 Å². The standard InChI is InChI=1S/C16H21N3O4/c1-11-14(23-9-8-22-11)16(21)19-6-3-4-12(10-19)13(20)15-17-5-7-18(15)2/h5,7,12H,3-4,6,8-10H2,1-2H3. The lowest BCUT2D eigenvalue weighted by Crippen LogP contribution is -2.44. The van der Waals surface area contributed by atoms with Crippen LogP contribution in [0.25, 0.3) is 0 Å². The number of carbonyl (C=O) groups is 2. The Kier molecular flexibility index (Phi) is 4.36. The summed E-state index contributed by atoms with van der Waals surface area (Å²) in [6.45, 7) is 3.59. The van der Waals surface area contributed by atoms with Crippen molar-refractivity contribution in [1.82, 2.24) is 14.5 Å². The summed E-state index contributed by atoms with van der Waals surface area (Å²) in [4.78, 5) is 31.0. The predicted molar refractivity (Wildman–Crippen MR) is 81.4 cm³/mol. The molecule has 1 unspecified atom stereocenters. The van der Waals surface area contributed by atoms with Gasteiger partial charge in [-0.2, -0.15) is 0 Å². The molecule has 1 aromatic rings. The molecule has 0 saturated carbocycles. The van der Waals surface area contributed by atoms with E-state index in [2.05, 4.69) is 4.98 Å². The van der Waals surface area contributed by atoms with E-state index in [-0.39, 0.29) is 23.4 Å². The predicted octanol–water partition coefficient (Wildman–Crippen LogP) is 1.12. The number of imidazole rings is 1. The number of hydrogen-bond acceptors (Lipinski definition) is 5. The highest BCUT2D eigenvalue weighted by molar-refractivity contribution is 5.96. The van der Waals surface area contributed by atoms with Crippen molar-refractivity contribution in [3.8, 4) is 0 Å². The summed E-state index contributed by atoms with van der Waals surface area (Å²) in [7, 11) is 1.80. The number of nitrogens with zero attached hydrogens (tertiary/aromatic N) is 3. The van der Waals surface area contributed by atoms with Gasteiger partial charge in [0, 0.05) is 38.4 Å². The summed E-state index contributed by atoms with van der Waals surface area (Å²) in [5.41, 5.74) is 0. The van der Waals surface area contributed by atoms with Crippen LogP contribution in [0.4, 0.5) is 0 Å². The number of Topliss-reactive ketones (excluding diaryl/α,β-unsaturated/α-hetero) is 1. The fourth-order valence-corrected chi connectivity index (χ4v) is 3.02. The van der Waals surface area contributed by atoms with Crippen molar-refractivity contribution >= 4 is 11.7 Å². The molecule has 0 aromatic carbocycles. The monoisotopic (exact) mass is 319 g/mol. The average Bonchev–Trinajstić information content (AvgIpc) is 3.00. The summed E-state index contributed by atoms with van der Waals surface area (Å²) in [6, 6.07) is 0. The van der Waals surface area contributed by atoms with Gasteiger partial charge in [-0.15, -0.1) is 0 Å². The average molecular weight is 319 g/mol. The third-order valence-corrected chi connectivity index (χ3v) is 4.28. The minimum Gasteiger partial charge on any atom is -0.491 e. The Bertz CT molecular complexity index is 650. The number of aryl methyl sites for hydroxylation is 1. The van der Waals surface area contributed by atoms with Crippen molar-refractivity contribution in [2.24, 2.45) is 13.0 Å². The highest BCUT2D eigenvalue weighted by Gasteiger charge is 2.33. The molecule has 1 aromatic heterocycles. The van der Waals surface area contributed by atoms with Crippen LogP contribution in [0.2, 0.25) is 0 Å². The number of ether oxygens (including phenoxy) is 2. The Labute approximate surface area is 134 Å². The molecule has 7 heteroatoms. The van der Waals surface area contributed by atoms with Gasteiger partial charge < -0.3 is 18.9 Å². The van der Waals surface area contributed by atoms with E-state index in [4.69, 9.17) is 9.47 Å². The molecule has 3 rings (SSSR count). The summed E-state index contributed by atoms with van der Waals surface area (Å²) < 4.78 is 12.5. The molecule has 1 amide bonds. The van der Waals surface area contributed by atoms with Gasteiger partial charge in [-0.25, -0.2) is 4.98 Å². The fourth-order valence-electron chi connectivity index (χ4n) is 3.02. The van der Waals surface area contributed by atoms with Gasteiger partial charge in [0.05, 0.1) is 0 Å². The molecule has 0 aliphatic carbocycles. The number of piperidine rings is 1. The molecule has 1 saturated heterocycles. The minimum absolute atomic E-state index is 0.0125. The topological polar surface area (TPSA) is 73.7 Å². The van der Waals surface area contributed by atoms with Crippen LogP contribution in [-0.4, -0.2) is 52.4 Å². The largest absolute Gasteiger partial charge is 0.491 e. The van der Waals surface area contributed by atoms with Gasteiger partial charge in [-0.1, -0.05) is 0 Å². The van der Waals surface area contributed by atoms with Crippen LogP contribution >= 0.6 is 0 Å². The Morgan fingerprint density at radius 1 is 1.30 bits per heavy atom. The molecule has 7 nitrogen and oxygen atoms in total. The van der Waals surface area contributed by atoms with Crippen LogP contribution in [0.1, 0.15) is 30.4 Å². The number of ketones is 1. The van der Waals surface area contributed by atoms with Crippen LogP contribution in [0.5, 0.6) is 0 Å². The minimum atomic E-state index is -0.223. The lowest BCUT2D eigenvalue weighted by Gasteiger charge is -2.33.